The molecular weight excluding hydrogens is 332 g/mol. The number of hydrogen-bond acceptors (Lipinski definition) is 7. The fourth-order valence-electron chi connectivity index (χ4n) is 3.35. The summed E-state index contributed by atoms with van der Waals surface area (Å²) < 4.78 is 5.22. The molecule has 1 unspecified atom stereocenters. The molecule has 0 N–H and O–H groups in total. The number of carbonyl (C=O) groups excluding carboxylic acids is 1. The molecule has 1 amide bonds. The number of hydrogen-bond donors (Lipinski definition) is 0. The first-order valence-electron chi connectivity index (χ1n) is 8.48. The van der Waals surface area contributed by atoms with E-state index < -0.39 is 0 Å². The lowest BCUT2D eigenvalue weighted by Gasteiger charge is -2.24. The van der Waals surface area contributed by atoms with E-state index in [4.69, 9.17) is 9.51 Å². The fourth-order valence-corrected chi connectivity index (χ4v) is 3.35. The monoisotopic (exact) mass is 350 g/mol. The molecule has 0 saturated carbocycles. The molecule has 3 aromatic heterocycles. The molecule has 3 aromatic rings. The maximum absolute atomic E-state index is 12.8. The zero-order valence-electron chi connectivity index (χ0n) is 14.6. The Balaban J connectivity index is 1.67. The molecule has 1 fully saturated rings. The van der Waals surface area contributed by atoms with Crippen LogP contribution in [-0.2, 0) is 0 Å². The lowest BCUT2D eigenvalue weighted by Crippen LogP contribution is -2.31. The van der Waals surface area contributed by atoms with Crippen LogP contribution in [0.3, 0.4) is 0 Å². The Labute approximate surface area is 150 Å². The Morgan fingerprint density at radius 2 is 2.12 bits per heavy atom. The van der Waals surface area contributed by atoms with E-state index in [0.717, 1.165) is 29.8 Å². The first-order chi connectivity index (χ1) is 12.6. The largest absolute Gasteiger partial charge is 0.361 e. The van der Waals surface area contributed by atoms with Crippen LogP contribution in [-0.4, -0.2) is 42.4 Å². The molecule has 1 aliphatic rings. The van der Waals surface area contributed by atoms with Gasteiger partial charge >= 0.3 is 0 Å². The van der Waals surface area contributed by atoms with E-state index in [9.17, 15) is 4.79 Å². The van der Waals surface area contributed by atoms with Gasteiger partial charge in [-0.25, -0.2) is 15.0 Å². The molecule has 0 bridgehead atoms. The molecular formula is C18H18N6O2. The molecule has 1 saturated heterocycles. The first kappa shape index (κ1) is 16.3. The molecule has 4 heterocycles. The van der Waals surface area contributed by atoms with Gasteiger partial charge in [0.25, 0.3) is 5.91 Å². The number of aryl methyl sites for hydroxylation is 2. The van der Waals surface area contributed by atoms with Crippen LogP contribution in [0, 0.1) is 13.8 Å². The summed E-state index contributed by atoms with van der Waals surface area (Å²) >= 11 is 0. The number of nitrogens with zero attached hydrogens (tertiary/aromatic N) is 6. The van der Waals surface area contributed by atoms with Gasteiger partial charge in [-0.05, 0) is 32.8 Å². The highest BCUT2D eigenvalue weighted by molar-refractivity contribution is 5.92. The maximum Gasteiger partial charge on any atom is 0.274 e. The van der Waals surface area contributed by atoms with E-state index in [0.29, 0.717) is 23.8 Å². The van der Waals surface area contributed by atoms with Crippen molar-refractivity contribution < 1.29 is 9.32 Å². The zero-order valence-corrected chi connectivity index (χ0v) is 14.6. The Hall–Kier alpha value is -3.16. The van der Waals surface area contributed by atoms with E-state index in [-0.39, 0.29) is 11.9 Å². The molecule has 0 radical (unpaired) electrons. The van der Waals surface area contributed by atoms with E-state index in [2.05, 4.69) is 20.1 Å². The summed E-state index contributed by atoms with van der Waals surface area (Å²) in [6.45, 7) is 4.37. The third kappa shape index (κ3) is 2.83. The van der Waals surface area contributed by atoms with Crippen LogP contribution in [0.5, 0.6) is 0 Å². The predicted molar refractivity (Wildman–Crippen MR) is 92.0 cm³/mol. The van der Waals surface area contributed by atoms with Gasteiger partial charge in [0.15, 0.2) is 5.82 Å². The van der Waals surface area contributed by atoms with Crippen LogP contribution < -0.4 is 0 Å². The highest BCUT2D eigenvalue weighted by atomic mass is 16.5. The van der Waals surface area contributed by atoms with Gasteiger partial charge in [0, 0.05) is 25.1 Å². The maximum atomic E-state index is 12.8. The molecule has 8 heteroatoms. The van der Waals surface area contributed by atoms with Crippen molar-refractivity contribution >= 4 is 5.91 Å². The standard InChI is InChI=1S/C18H18N6O2/c1-11-16(12(2)26-23-11)17-21-6-5-13(22-17)15-4-3-9-24(15)18(25)14-10-19-7-8-20-14/h5-8,10,15H,3-4,9H2,1-2H3. The summed E-state index contributed by atoms with van der Waals surface area (Å²) in [7, 11) is 0. The zero-order chi connectivity index (χ0) is 18.1. The van der Waals surface area contributed by atoms with Gasteiger partial charge in [0.05, 0.1) is 29.2 Å². The third-order valence-corrected chi connectivity index (χ3v) is 4.57. The summed E-state index contributed by atoms with van der Waals surface area (Å²) in [4.78, 5) is 31.8. The second kappa shape index (κ2) is 6.62. The van der Waals surface area contributed by atoms with Gasteiger partial charge in [-0.3, -0.25) is 9.78 Å². The average Bonchev–Trinajstić information content (AvgIpc) is 3.29. The van der Waals surface area contributed by atoms with Crippen molar-refractivity contribution in [1.82, 2.24) is 30.0 Å². The van der Waals surface area contributed by atoms with Crippen LogP contribution in [0.2, 0.25) is 0 Å². The van der Waals surface area contributed by atoms with Crippen LogP contribution >= 0.6 is 0 Å². The van der Waals surface area contributed by atoms with Crippen molar-refractivity contribution in [2.75, 3.05) is 6.54 Å². The molecule has 0 aromatic carbocycles. The molecule has 8 nitrogen and oxygen atoms in total. The van der Waals surface area contributed by atoms with Gasteiger partial charge in [0.1, 0.15) is 11.5 Å². The molecule has 0 spiro atoms. The van der Waals surface area contributed by atoms with Crippen molar-refractivity contribution in [1.29, 1.82) is 0 Å². The summed E-state index contributed by atoms with van der Waals surface area (Å²) in [5.41, 5.74) is 2.71. The second-order valence-corrected chi connectivity index (χ2v) is 6.25. The van der Waals surface area contributed by atoms with E-state index in [1.807, 2.05) is 24.8 Å². The van der Waals surface area contributed by atoms with E-state index in [1.54, 1.807) is 12.4 Å². The Kier molecular flexibility index (Phi) is 4.16. The minimum absolute atomic E-state index is 0.105. The van der Waals surface area contributed by atoms with Gasteiger partial charge in [-0.2, -0.15) is 0 Å². The molecule has 26 heavy (non-hydrogen) atoms. The lowest BCUT2D eigenvalue weighted by molar-refractivity contribution is 0.0726. The van der Waals surface area contributed by atoms with Gasteiger partial charge in [-0.15, -0.1) is 0 Å². The summed E-state index contributed by atoms with van der Waals surface area (Å²) in [6.07, 6.45) is 8.06. The highest BCUT2D eigenvalue weighted by Crippen LogP contribution is 2.33. The predicted octanol–water partition coefficient (Wildman–Crippen LogP) is 2.52. The second-order valence-electron chi connectivity index (χ2n) is 6.25. The van der Waals surface area contributed by atoms with Gasteiger partial charge < -0.3 is 9.42 Å². The van der Waals surface area contributed by atoms with Gasteiger partial charge in [0.2, 0.25) is 0 Å². The summed E-state index contributed by atoms with van der Waals surface area (Å²) in [5, 5.41) is 3.97. The third-order valence-electron chi connectivity index (χ3n) is 4.57. The first-order valence-corrected chi connectivity index (χ1v) is 8.48. The normalized spacial score (nSPS) is 16.8. The number of likely N-dealkylation sites (tertiary alicyclic amines) is 1. The summed E-state index contributed by atoms with van der Waals surface area (Å²) in [5.74, 6) is 1.12. The van der Waals surface area contributed by atoms with E-state index in [1.165, 1.54) is 12.4 Å². The highest BCUT2D eigenvalue weighted by Gasteiger charge is 2.32. The minimum Gasteiger partial charge on any atom is -0.361 e. The fraction of sp³-hybridized carbons (Fsp3) is 0.333. The lowest BCUT2D eigenvalue weighted by atomic mass is 10.1. The van der Waals surface area contributed by atoms with Crippen molar-refractivity contribution in [2.24, 2.45) is 0 Å². The Morgan fingerprint density at radius 3 is 2.85 bits per heavy atom. The number of amides is 1. The number of aromatic nitrogens is 5. The van der Waals surface area contributed by atoms with Gasteiger partial charge in [-0.1, -0.05) is 5.16 Å². The molecule has 1 atom stereocenters. The van der Waals surface area contributed by atoms with Crippen molar-refractivity contribution in [2.45, 2.75) is 32.7 Å². The Morgan fingerprint density at radius 1 is 1.23 bits per heavy atom. The van der Waals surface area contributed by atoms with Crippen LogP contribution in [0.4, 0.5) is 0 Å². The Bertz CT molecular complexity index is 920. The molecule has 132 valence electrons. The average molecular weight is 350 g/mol. The minimum atomic E-state index is -0.127. The molecule has 0 aliphatic carbocycles. The van der Waals surface area contributed by atoms with Crippen LogP contribution in [0.25, 0.3) is 11.4 Å². The smallest absolute Gasteiger partial charge is 0.274 e. The van der Waals surface area contributed by atoms with Crippen LogP contribution in [0.15, 0.2) is 35.4 Å². The van der Waals surface area contributed by atoms with E-state index >= 15 is 0 Å². The quantitative estimate of drug-likeness (QED) is 0.716. The SMILES string of the molecule is Cc1noc(C)c1-c1nccc(C2CCCN2C(=O)c2cnccn2)n1. The topological polar surface area (TPSA) is 97.9 Å². The van der Waals surface area contributed by atoms with Crippen LogP contribution in [0.1, 0.15) is 46.5 Å². The molecule has 1 aliphatic heterocycles. The van der Waals surface area contributed by atoms with Crippen molar-refractivity contribution in [3.05, 3.63) is 53.7 Å². The molecule has 4 rings (SSSR count). The van der Waals surface area contributed by atoms with Crippen molar-refractivity contribution in [3.8, 4) is 11.4 Å². The number of carbonyl (C=O) groups is 1. The van der Waals surface area contributed by atoms with Crippen molar-refractivity contribution in [3.63, 3.8) is 0 Å². The summed E-state index contributed by atoms with van der Waals surface area (Å²) in [6, 6.07) is 1.75. The number of rotatable bonds is 3.